The van der Waals surface area contributed by atoms with Crippen LogP contribution in [0.3, 0.4) is 0 Å². The van der Waals surface area contributed by atoms with E-state index in [-0.39, 0.29) is 11.4 Å². The van der Waals surface area contributed by atoms with Crippen molar-refractivity contribution in [2.24, 2.45) is 0 Å². The van der Waals surface area contributed by atoms with Crippen molar-refractivity contribution in [3.8, 4) is 17.3 Å². The van der Waals surface area contributed by atoms with Crippen LogP contribution in [0, 0.1) is 0 Å². The van der Waals surface area contributed by atoms with Gasteiger partial charge in [-0.05, 0) is 36.4 Å². The summed E-state index contributed by atoms with van der Waals surface area (Å²) >= 11 is 0. The molecular formula is C17H15F3N4O3S. The summed E-state index contributed by atoms with van der Waals surface area (Å²) in [6, 6.07) is 9.34. The lowest BCUT2D eigenvalue weighted by atomic mass is 10.3. The summed E-state index contributed by atoms with van der Waals surface area (Å²) in [6.07, 6.45) is 0.0669. The summed E-state index contributed by atoms with van der Waals surface area (Å²) in [7, 11) is -3.89. The Morgan fingerprint density at radius 3 is 2.43 bits per heavy atom. The van der Waals surface area contributed by atoms with Gasteiger partial charge < -0.3 is 9.30 Å². The number of sulfonamides is 1. The molecule has 0 saturated carbocycles. The molecule has 2 heterocycles. The lowest BCUT2D eigenvalue weighted by molar-refractivity contribution is -0.274. The Balaban J connectivity index is 1.63. The van der Waals surface area contributed by atoms with Crippen molar-refractivity contribution < 1.29 is 26.3 Å². The van der Waals surface area contributed by atoms with E-state index in [1.165, 1.54) is 0 Å². The monoisotopic (exact) mass is 412 g/mol. The highest BCUT2D eigenvalue weighted by Crippen LogP contribution is 2.23. The minimum atomic E-state index is -4.84. The number of alkyl halides is 3. The lowest BCUT2D eigenvalue weighted by Crippen LogP contribution is -2.27. The van der Waals surface area contributed by atoms with Crippen molar-refractivity contribution in [3.63, 3.8) is 0 Å². The first kappa shape index (κ1) is 19.8. The quantitative estimate of drug-likeness (QED) is 0.645. The highest BCUT2D eigenvalue weighted by Gasteiger charge is 2.31. The van der Waals surface area contributed by atoms with E-state index in [4.69, 9.17) is 0 Å². The maximum atomic E-state index is 12.3. The van der Waals surface area contributed by atoms with E-state index in [0.29, 0.717) is 18.1 Å². The molecule has 0 spiro atoms. The number of ether oxygens (including phenoxy) is 1. The Bertz CT molecular complexity index is 1020. The molecule has 11 heteroatoms. The van der Waals surface area contributed by atoms with Crippen LogP contribution in [0.25, 0.3) is 11.5 Å². The van der Waals surface area contributed by atoms with E-state index in [0.717, 1.165) is 24.3 Å². The van der Waals surface area contributed by atoms with Gasteiger partial charge in [-0.25, -0.2) is 18.1 Å². The van der Waals surface area contributed by atoms with Crippen LogP contribution in [-0.2, 0) is 16.6 Å². The number of aromatic nitrogens is 3. The second-order valence-electron chi connectivity index (χ2n) is 5.58. The average molecular weight is 412 g/mol. The van der Waals surface area contributed by atoms with Gasteiger partial charge in [-0.3, -0.25) is 4.98 Å². The van der Waals surface area contributed by atoms with Gasteiger partial charge in [0.05, 0.1) is 4.90 Å². The first-order valence-corrected chi connectivity index (χ1v) is 9.51. The molecule has 0 bridgehead atoms. The largest absolute Gasteiger partial charge is 0.573 e. The first-order chi connectivity index (χ1) is 13.2. The van der Waals surface area contributed by atoms with E-state index in [1.54, 1.807) is 35.3 Å². The summed E-state index contributed by atoms with van der Waals surface area (Å²) in [5, 5.41) is 0. The van der Waals surface area contributed by atoms with Crippen molar-refractivity contribution >= 4 is 10.0 Å². The summed E-state index contributed by atoms with van der Waals surface area (Å²) in [6.45, 7) is 0.347. The molecular weight excluding hydrogens is 397 g/mol. The molecule has 0 saturated heterocycles. The molecule has 0 radical (unpaired) electrons. The van der Waals surface area contributed by atoms with Crippen molar-refractivity contribution in [2.45, 2.75) is 17.8 Å². The van der Waals surface area contributed by atoms with Gasteiger partial charge in [0.2, 0.25) is 10.0 Å². The normalized spacial score (nSPS) is 12.1. The predicted molar refractivity (Wildman–Crippen MR) is 93.8 cm³/mol. The standard InChI is InChI=1S/C17H15F3N4O3S/c18-17(19,20)27-13-4-6-14(7-5-13)28(25,26)23-10-12-24-11-9-22-16(24)15-3-1-2-8-21-15/h1-9,11,23H,10,12H2. The van der Waals surface area contributed by atoms with Crippen LogP contribution in [0.5, 0.6) is 5.75 Å². The van der Waals surface area contributed by atoms with E-state index >= 15 is 0 Å². The van der Waals surface area contributed by atoms with E-state index in [2.05, 4.69) is 19.4 Å². The van der Waals surface area contributed by atoms with Gasteiger partial charge in [0.1, 0.15) is 11.4 Å². The Kier molecular flexibility index (Phi) is 5.66. The molecule has 28 heavy (non-hydrogen) atoms. The maximum absolute atomic E-state index is 12.3. The fourth-order valence-corrected chi connectivity index (χ4v) is 3.44. The average Bonchev–Trinajstić information content (AvgIpc) is 3.10. The van der Waals surface area contributed by atoms with E-state index in [9.17, 15) is 21.6 Å². The Labute approximate surface area is 158 Å². The third-order valence-corrected chi connectivity index (χ3v) is 5.10. The van der Waals surface area contributed by atoms with Gasteiger partial charge in [-0.15, -0.1) is 13.2 Å². The molecule has 0 aliphatic rings. The zero-order chi connectivity index (χ0) is 20.2. The van der Waals surface area contributed by atoms with Crippen LogP contribution < -0.4 is 9.46 Å². The van der Waals surface area contributed by atoms with E-state index in [1.807, 2.05) is 6.07 Å². The van der Waals surface area contributed by atoms with Crippen LogP contribution in [0.15, 0.2) is 66.0 Å². The lowest BCUT2D eigenvalue weighted by Gasteiger charge is -2.11. The number of pyridine rings is 1. The van der Waals surface area contributed by atoms with Crippen LogP contribution in [0.2, 0.25) is 0 Å². The van der Waals surface area contributed by atoms with Crippen LogP contribution in [0.1, 0.15) is 0 Å². The van der Waals surface area contributed by atoms with Gasteiger partial charge in [0.15, 0.2) is 5.82 Å². The number of benzene rings is 1. The molecule has 3 aromatic rings. The summed E-state index contributed by atoms with van der Waals surface area (Å²) in [5.41, 5.74) is 0.649. The fraction of sp³-hybridized carbons (Fsp3) is 0.176. The minimum Gasteiger partial charge on any atom is -0.406 e. The van der Waals surface area contributed by atoms with Gasteiger partial charge in [-0.2, -0.15) is 0 Å². The van der Waals surface area contributed by atoms with Crippen LogP contribution >= 0.6 is 0 Å². The first-order valence-electron chi connectivity index (χ1n) is 8.03. The number of hydrogen-bond acceptors (Lipinski definition) is 5. The molecule has 7 nitrogen and oxygen atoms in total. The SMILES string of the molecule is O=S(=O)(NCCn1ccnc1-c1ccccn1)c1ccc(OC(F)(F)F)cc1. The van der Waals surface area contributed by atoms with Crippen LogP contribution in [0.4, 0.5) is 13.2 Å². The Morgan fingerprint density at radius 1 is 1.04 bits per heavy atom. The molecule has 148 valence electrons. The summed E-state index contributed by atoms with van der Waals surface area (Å²) in [4.78, 5) is 8.25. The van der Waals surface area contributed by atoms with Crippen molar-refractivity contribution in [1.29, 1.82) is 0 Å². The predicted octanol–water partition coefficient (Wildman–Crippen LogP) is 2.82. The molecule has 0 unspecified atom stereocenters. The molecule has 3 rings (SSSR count). The smallest absolute Gasteiger partial charge is 0.406 e. The number of rotatable bonds is 7. The number of imidazole rings is 1. The van der Waals surface area contributed by atoms with Gasteiger partial charge in [0.25, 0.3) is 0 Å². The highest BCUT2D eigenvalue weighted by atomic mass is 32.2. The summed E-state index contributed by atoms with van der Waals surface area (Å²) < 4.78 is 69.0. The molecule has 0 amide bonds. The third-order valence-electron chi connectivity index (χ3n) is 3.62. The van der Waals surface area contributed by atoms with Crippen molar-refractivity contribution in [2.75, 3.05) is 6.54 Å². The van der Waals surface area contributed by atoms with Crippen molar-refractivity contribution in [1.82, 2.24) is 19.3 Å². The zero-order valence-corrected chi connectivity index (χ0v) is 15.1. The minimum absolute atomic E-state index is 0.0549. The third kappa shape index (κ3) is 5.08. The molecule has 1 aromatic carbocycles. The molecule has 0 aliphatic heterocycles. The number of nitrogens with zero attached hydrogens (tertiary/aromatic N) is 3. The molecule has 1 N–H and O–H groups in total. The molecule has 2 aromatic heterocycles. The molecule has 0 fully saturated rings. The van der Waals surface area contributed by atoms with Crippen molar-refractivity contribution in [3.05, 3.63) is 61.1 Å². The maximum Gasteiger partial charge on any atom is 0.573 e. The number of nitrogens with one attached hydrogen (secondary N) is 1. The zero-order valence-electron chi connectivity index (χ0n) is 14.3. The topological polar surface area (TPSA) is 86.1 Å². The second-order valence-corrected chi connectivity index (χ2v) is 7.34. The fourth-order valence-electron chi connectivity index (χ4n) is 2.42. The van der Waals surface area contributed by atoms with Gasteiger partial charge >= 0.3 is 6.36 Å². The van der Waals surface area contributed by atoms with Gasteiger partial charge in [-0.1, -0.05) is 6.07 Å². The molecule has 0 atom stereocenters. The van der Waals surface area contributed by atoms with E-state index < -0.39 is 22.1 Å². The Hall–Kier alpha value is -2.92. The Morgan fingerprint density at radius 2 is 1.79 bits per heavy atom. The van der Waals surface area contributed by atoms with Gasteiger partial charge in [0, 0.05) is 31.7 Å². The highest BCUT2D eigenvalue weighted by molar-refractivity contribution is 7.89. The number of hydrogen-bond donors (Lipinski definition) is 1. The summed E-state index contributed by atoms with van der Waals surface area (Å²) in [5.74, 6) is 0.0957. The molecule has 0 aliphatic carbocycles. The van der Waals surface area contributed by atoms with Crippen LogP contribution in [-0.4, -0.2) is 35.9 Å². The second kappa shape index (κ2) is 7.98. The number of halogens is 3.